The smallest absolute Gasteiger partial charge is 0.273 e. The molecular weight excluding hydrogens is 680 g/mol. The molecule has 1 saturated carbocycles. The van der Waals surface area contributed by atoms with E-state index < -0.39 is 33.4 Å². The van der Waals surface area contributed by atoms with Gasteiger partial charge in [0.15, 0.2) is 0 Å². The Morgan fingerprint density at radius 2 is 1.62 bits per heavy atom. The molecule has 1 aliphatic rings. The minimum atomic E-state index is -4.55. The molecule has 0 spiro atoms. The fourth-order valence-corrected chi connectivity index (χ4v) is 7.62. The van der Waals surface area contributed by atoms with Crippen molar-refractivity contribution in [3.8, 4) is 5.75 Å². The quantitative estimate of drug-likeness (QED) is 0.117. The number of nitrogens with one attached hydrogen (secondary N) is 1. The van der Waals surface area contributed by atoms with Gasteiger partial charge >= 0.3 is 0 Å². The predicted octanol–water partition coefficient (Wildman–Crippen LogP) is 6.46. The fraction of sp³-hybridized carbons (Fsp3) is 0.297. The van der Waals surface area contributed by atoms with Crippen LogP contribution in [0.3, 0.4) is 0 Å². The maximum absolute atomic E-state index is 14.7. The van der Waals surface area contributed by atoms with Crippen LogP contribution in [0.5, 0.6) is 5.75 Å². The zero-order valence-electron chi connectivity index (χ0n) is 27.8. The number of amides is 2. The van der Waals surface area contributed by atoms with E-state index in [1.165, 1.54) is 43.2 Å². The number of nitro benzene ring substituents is 1. The number of ether oxygens (including phenoxy) is 1. The van der Waals surface area contributed by atoms with Crippen molar-refractivity contribution in [1.29, 1.82) is 0 Å². The summed E-state index contributed by atoms with van der Waals surface area (Å²) in [5, 5.41) is 15.4. The van der Waals surface area contributed by atoms with Crippen molar-refractivity contribution in [2.75, 3.05) is 18.0 Å². The van der Waals surface area contributed by atoms with Crippen molar-refractivity contribution in [2.24, 2.45) is 0 Å². The standard InChI is InChI=1S/C37H39ClN4O7S/c1-26-12-21-33(23-34(26)42(45)46)50(47,48)41(31-17-19-32(49-2)20-18-31)25-36(43)40(24-28-13-15-29(38)16-14-28)35(22-27-8-4-3-5-9-27)37(44)39-30-10-6-7-11-30/h3-5,8-9,12-21,23,30,35H,6-7,10-11,22,24-25H2,1-2H3,(H,39,44)/t35-/m1/s1. The van der Waals surface area contributed by atoms with Gasteiger partial charge in [0.1, 0.15) is 18.3 Å². The number of aryl methyl sites for hydroxylation is 1. The van der Waals surface area contributed by atoms with E-state index in [-0.39, 0.29) is 46.7 Å². The van der Waals surface area contributed by atoms with Gasteiger partial charge in [-0.3, -0.25) is 24.0 Å². The van der Waals surface area contributed by atoms with Gasteiger partial charge in [0.05, 0.1) is 22.6 Å². The van der Waals surface area contributed by atoms with Gasteiger partial charge in [-0.2, -0.15) is 0 Å². The number of hydrogen-bond acceptors (Lipinski definition) is 7. The molecule has 0 radical (unpaired) electrons. The third kappa shape index (κ3) is 8.80. The van der Waals surface area contributed by atoms with Crippen LogP contribution in [0.4, 0.5) is 11.4 Å². The Hall–Kier alpha value is -4.94. The topological polar surface area (TPSA) is 139 Å². The molecule has 0 aliphatic heterocycles. The molecule has 0 unspecified atom stereocenters. The monoisotopic (exact) mass is 718 g/mol. The van der Waals surface area contributed by atoms with E-state index in [1.807, 2.05) is 30.3 Å². The van der Waals surface area contributed by atoms with Crippen LogP contribution in [-0.4, -0.2) is 55.8 Å². The SMILES string of the molecule is COc1ccc(N(CC(=O)N(Cc2ccc(Cl)cc2)[C@H](Cc2ccccc2)C(=O)NC2CCCC2)S(=O)(=O)c2ccc(C)c([N+](=O)[O-])c2)cc1. The van der Waals surface area contributed by atoms with Crippen LogP contribution in [0.2, 0.25) is 5.02 Å². The van der Waals surface area contributed by atoms with E-state index in [4.69, 9.17) is 16.3 Å². The molecule has 0 aromatic heterocycles. The first-order valence-corrected chi connectivity index (χ1v) is 18.1. The average Bonchev–Trinajstić information content (AvgIpc) is 3.63. The molecule has 11 nitrogen and oxygen atoms in total. The number of sulfonamides is 1. The molecular formula is C37H39ClN4O7S. The van der Waals surface area contributed by atoms with Crippen molar-refractivity contribution in [3.63, 3.8) is 0 Å². The second-order valence-corrected chi connectivity index (χ2v) is 14.6. The van der Waals surface area contributed by atoms with Gasteiger partial charge in [0, 0.05) is 35.7 Å². The lowest BCUT2D eigenvalue weighted by atomic mass is 10.0. The van der Waals surface area contributed by atoms with Crippen molar-refractivity contribution in [2.45, 2.75) is 62.6 Å². The summed E-state index contributed by atoms with van der Waals surface area (Å²) in [6.45, 7) is 0.793. The Balaban J connectivity index is 1.59. The average molecular weight is 719 g/mol. The summed E-state index contributed by atoms with van der Waals surface area (Å²) in [7, 11) is -3.09. The fourth-order valence-electron chi connectivity index (χ4n) is 6.06. The minimum Gasteiger partial charge on any atom is -0.497 e. The van der Waals surface area contributed by atoms with Crippen molar-refractivity contribution < 1.29 is 27.7 Å². The number of carbonyl (C=O) groups is 2. The lowest BCUT2D eigenvalue weighted by Gasteiger charge is -2.34. The van der Waals surface area contributed by atoms with E-state index in [0.29, 0.717) is 16.3 Å². The molecule has 0 heterocycles. The number of nitro groups is 1. The van der Waals surface area contributed by atoms with Crippen LogP contribution in [0.1, 0.15) is 42.4 Å². The molecule has 1 aliphatic carbocycles. The Kier molecular flexibility index (Phi) is 11.8. The molecule has 1 atom stereocenters. The molecule has 0 saturated heterocycles. The summed E-state index contributed by atoms with van der Waals surface area (Å²) in [4.78, 5) is 41.0. The van der Waals surface area contributed by atoms with Crippen LogP contribution >= 0.6 is 11.6 Å². The third-order valence-corrected chi connectivity index (χ3v) is 10.9. The van der Waals surface area contributed by atoms with Crippen LogP contribution in [0.15, 0.2) is 102 Å². The van der Waals surface area contributed by atoms with Crippen molar-refractivity contribution in [1.82, 2.24) is 10.2 Å². The van der Waals surface area contributed by atoms with E-state index >= 15 is 0 Å². The second kappa shape index (κ2) is 16.2. The highest BCUT2D eigenvalue weighted by molar-refractivity contribution is 7.92. The van der Waals surface area contributed by atoms with Gasteiger partial charge in [-0.1, -0.05) is 73.0 Å². The summed E-state index contributed by atoms with van der Waals surface area (Å²) < 4.78 is 34.9. The highest BCUT2D eigenvalue weighted by Crippen LogP contribution is 2.30. The lowest BCUT2D eigenvalue weighted by molar-refractivity contribution is -0.385. The third-order valence-electron chi connectivity index (χ3n) is 8.84. The van der Waals surface area contributed by atoms with Gasteiger partial charge in [0.25, 0.3) is 15.7 Å². The van der Waals surface area contributed by atoms with E-state index in [2.05, 4.69) is 5.32 Å². The molecule has 262 valence electrons. The Morgan fingerprint density at radius 3 is 2.24 bits per heavy atom. The number of benzene rings is 4. The molecule has 0 bridgehead atoms. The highest BCUT2D eigenvalue weighted by atomic mass is 35.5. The number of rotatable bonds is 14. The van der Waals surface area contributed by atoms with Gasteiger partial charge in [-0.15, -0.1) is 0 Å². The molecule has 4 aromatic rings. The molecule has 1 N–H and O–H groups in total. The first kappa shape index (κ1) is 36.3. The van der Waals surface area contributed by atoms with Gasteiger partial charge < -0.3 is 15.0 Å². The van der Waals surface area contributed by atoms with Crippen LogP contribution in [-0.2, 0) is 32.6 Å². The Bertz CT molecular complexity index is 1920. The zero-order valence-corrected chi connectivity index (χ0v) is 29.4. The second-order valence-electron chi connectivity index (χ2n) is 12.3. The molecule has 13 heteroatoms. The minimum absolute atomic E-state index is 0.0158. The van der Waals surface area contributed by atoms with Gasteiger partial charge in [0.2, 0.25) is 11.8 Å². The summed E-state index contributed by atoms with van der Waals surface area (Å²) in [6.07, 6.45) is 3.83. The first-order chi connectivity index (χ1) is 24.0. The summed E-state index contributed by atoms with van der Waals surface area (Å²) in [5.41, 5.74) is 1.54. The number of carbonyl (C=O) groups excluding carboxylic acids is 2. The summed E-state index contributed by atoms with van der Waals surface area (Å²) >= 11 is 6.16. The predicted molar refractivity (Wildman–Crippen MR) is 192 cm³/mol. The van der Waals surface area contributed by atoms with E-state index in [9.17, 15) is 28.1 Å². The van der Waals surface area contributed by atoms with E-state index in [1.54, 1.807) is 36.4 Å². The summed E-state index contributed by atoms with van der Waals surface area (Å²) in [6, 6.07) is 24.9. The molecule has 50 heavy (non-hydrogen) atoms. The number of methoxy groups -OCH3 is 1. The number of nitrogens with zero attached hydrogens (tertiary/aromatic N) is 3. The Morgan fingerprint density at radius 1 is 0.960 bits per heavy atom. The molecule has 4 aromatic carbocycles. The highest BCUT2D eigenvalue weighted by Gasteiger charge is 2.36. The maximum Gasteiger partial charge on any atom is 0.273 e. The van der Waals surface area contributed by atoms with Crippen molar-refractivity contribution >= 4 is 44.8 Å². The molecule has 1 fully saturated rings. The number of hydrogen-bond donors (Lipinski definition) is 1. The lowest BCUT2D eigenvalue weighted by Crippen LogP contribution is -2.54. The van der Waals surface area contributed by atoms with Gasteiger partial charge in [-0.05, 0) is 73.4 Å². The number of halogens is 1. The zero-order chi connectivity index (χ0) is 35.8. The molecule has 2 amide bonds. The normalized spacial score (nSPS) is 13.7. The maximum atomic E-state index is 14.7. The van der Waals surface area contributed by atoms with Crippen LogP contribution in [0, 0.1) is 17.0 Å². The van der Waals surface area contributed by atoms with Crippen molar-refractivity contribution in [3.05, 3.63) is 129 Å². The Labute approximate surface area is 297 Å². The van der Waals surface area contributed by atoms with Crippen LogP contribution < -0.4 is 14.4 Å². The number of anilines is 1. The largest absolute Gasteiger partial charge is 0.497 e. The first-order valence-electron chi connectivity index (χ1n) is 16.3. The summed E-state index contributed by atoms with van der Waals surface area (Å²) in [5.74, 6) is -0.529. The van der Waals surface area contributed by atoms with Gasteiger partial charge in [-0.25, -0.2) is 8.42 Å². The van der Waals surface area contributed by atoms with Crippen LogP contribution in [0.25, 0.3) is 0 Å². The molecule has 5 rings (SSSR count). The van der Waals surface area contributed by atoms with E-state index in [0.717, 1.165) is 41.6 Å².